The third kappa shape index (κ3) is 36.1. The van der Waals surface area contributed by atoms with Crippen LogP contribution in [0.3, 0.4) is 0 Å². The van der Waals surface area contributed by atoms with Gasteiger partial charge in [-0.1, -0.05) is 82.6 Å². The molecule has 0 aliphatic carbocycles. The normalized spacial score (nSPS) is 15.9. The minimum atomic E-state index is -1.28. The summed E-state index contributed by atoms with van der Waals surface area (Å²) in [6.07, 6.45) is 3.32. The summed E-state index contributed by atoms with van der Waals surface area (Å²) in [7, 11) is 0. The lowest BCUT2D eigenvalue weighted by molar-refractivity contribution is -0.141. The molecule has 14 N–H and O–H groups in total. The lowest BCUT2D eigenvalue weighted by Gasteiger charge is -2.24. The summed E-state index contributed by atoms with van der Waals surface area (Å²) < 4.78 is 0. The van der Waals surface area contributed by atoms with Gasteiger partial charge in [-0.2, -0.15) is 0 Å². The molecule has 2 fully saturated rings. The molecule has 4 unspecified atom stereocenters. The van der Waals surface area contributed by atoms with Crippen molar-refractivity contribution in [3.05, 3.63) is 0 Å². The molecule has 2 saturated heterocycles. The van der Waals surface area contributed by atoms with Crippen molar-refractivity contribution in [1.29, 1.82) is 0 Å². The van der Waals surface area contributed by atoms with E-state index in [0.717, 1.165) is 18.4 Å². The molecule has 0 spiro atoms. The van der Waals surface area contributed by atoms with Crippen molar-refractivity contribution in [1.82, 2.24) is 52.8 Å². The maximum absolute atomic E-state index is 12.7. The van der Waals surface area contributed by atoms with Crippen molar-refractivity contribution in [3.8, 4) is 0 Å². The Kier molecular flexibility index (Phi) is 38.0. The van der Waals surface area contributed by atoms with Gasteiger partial charge in [-0.25, -0.2) is 0 Å². The fraction of sp³-hybridized carbons (Fsp3) is 0.761. The number of carboxylic acids is 1. The highest BCUT2D eigenvalue weighted by Gasteiger charge is 2.36. The van der Waals surface area contributed by atoms with Gasteiger partial charge in [0.2, 0.25) is 59.1 Å². The topological polar surface area (TPSA) is 372 Å². The Hall–Kier alpha value is -5.91. The first-order valence-electron chi connectivity index (χ1n) is 24.1. The van der Waals surface area contributed by atoms with Crippen LogP contribution < -0.4 is 59.3 Å². The van der Waals surface area contributed by atoms with Crippen LogP contribution in [0.1, 0.15) is 128 Å². The summed E-state index contributed by atoms with van der Waals surface area (Å²) in [4.78, 5) is 135. The largest absolute Gasteiger partial charge is 0.480 e. The highest BCUT2D eigenvalue weighted by Crippen LogP contribution is 2.27. The zero-order chi connectivity index (χ0) is 54.6. The average Bonchev–Trinajstić information content (AvgIpc) is 3.93. The molecule has 24 nitrogen and oxygen atoms in total. The minimum absolute atomic E-state index is 0.0836. The third-order valence-corrected chi connectivity index (χ3v) is 9.00. The van der Waals surface area contributed by atoms with Crippen molar-refractivity contribution in [2.45, 2.75) is 152 Å². The molecule has 404 valence electrons. The number of amides is 10. The number of nitrogens with zero attached hydrogens (tertiary/aromatic N) is 1. The van der Waals surface area contributed by atoms with Crippen molar-refractivity contribution >= 4 is 65.0 Å². The van der Waals surface area contributed by atoms with Crippen molar-refractivity contribution in [2.24, 2.45) is 28.7 Å². The number of carbonyl (C=O) groups excluding carboxylic acids is 10. The van der Waals surface area contributed by atoms with Crippen LogP contribution >= 0.6 is 0 Å². The molecule has 10 amide bonds. The lowest BCUT2D eigenvalue weighted by atomic mass is 9.90. The van der Waals surface area contributed by atoms with Crippen molar-refractivity contribution < 1.29 is 57.8 Å². The Morgan fingerprint density at radius 1 is 0.686 bits per heavy atom. The molecular weight excluding hydrogens is 913 g/mol. The first-order chi connectivity index (χ1) is 32.6. The smallest absolute Gasteiger partial charge is 0.322 e. The van der Waals surface area contributed by atoms with E-state index in [0.29, 0.717) is 25.8 Å². The van der Waals surface area contributed by atoms with E-state index in [9.17, 15) is 52.7 Å². The van der Waals surface area contributed by atoms with Gasteiger partial charge >= 0.3 is 5.97 Å². The van der Waals surface area contributed by atoms with Crippen LogP contribution in [0.25, 0.3) is 0 Å². The summed E-state index contributed by atoms with van der Waals surface area (Å²) in [5.74, 6) is -6.59. The van der Waals surface area contributed by atoms with E-state index in [-0.39, 0.29) is 30.7 Å². The molecule has 0 radical (unpaired) electrons. The van der Waals surface area contributed by atoms with Crippen LogP contribution in [0.15, 0.2) is 0 Å². The van der Waals surface area contributed by atoms with E-state index < -0.39 is 123 Å². The molecule has 0 bridgehead atoms. The van der Waals surface area contributed by atoms with Gasteiger partial charge in [-0.05, 0) is 62.8 Å². The van der Waals surface area contributed by atoms with Gasteiger partial charge in [0.1, 0.15) is 24.7 Å². The molecule has 2 rings (SSSR count). The van der Waals surface area contributed by atoms with Gasteiger partial charge in [-0.15, -0.1) is 0 Å². The molecule has 2 aliphatic heterocycles. The first-order valence-corrected chi connectivity index (χ1v) is 24.1. The fourth-order valence-corrected chi connectivity index (χ4v) is 5.74. The second-order valence-electron chi connectivity index (χ2n) is 18.4. The standard InChI is InChI=1S/C32H51N11O12.C4H11N.2C4H10.C2H6/c1-17(28(52)38-14-26(49)43-8-4-5-20(43)31(55)39-15-27(50)51)41-24(47)12-35-22(45)10-34-23(46)11-36-29(53)18(6-7-21(33)44)42-25(48)13-37-30(54)19-9-32(2,3)16-40-19;1-2-3-4-5;2*1-4(2)3;1-2/h17-20,40H,4-16H2,1-3H3,(H2,33,44)(H,34,46)(H,35,45)(H,36,53)(H,37,54)(H,38,52)(H,39,55)(H,41,47)(H,42,48)(H,50,51);2-5H2,1H3;2*4H,1-3H3;1-2H3. The van der Waals surface area contributed by atoms with Crippen LogP contribution in [-0.2, 0) is 52.7 Å². The molecule has 2 heterocycles. The lowest BCUT2D eigenvalue weighted by Crippen LogP contribution is -2.53. The number of hydrogen-bond acceptors (Lipinski definition) is 13. The second-order valence-corrected chi connectivity index (χ2v) is 18.4. The maximum Gasteiger partial charge on any atom is 0.322 e. The van der Waals surface area contributed by atoms with Crippen LogP contribution in [0.4, 0.5) is 0 Å². The monoisotopic (exact) mass is 1000 g/mol. The molecule has 2 aliphatic rings. The van der Waals surface area contributed by atoms with Crippen molar-refractivity contribution in [3.63, 3.8) is 0 Å². The SMILES string of the molecule is CC.CC(C)C.CC(C)C.CC(NC(=O)CNC(=O)CNC(=O)CNC(=O)C(CCC(N)=O)NC(=O)CNC(=O)C1CC(C)(C)CN1)C(=O)NCC(=O)N1CCCC1C(=O)NCC(=O)O.CCCCN. The number of carbonyl (C=O) groups is 11. The molecule has 0 aromatic carbocycles. The van der Waals surface area contributed by atoms with Gasteiger partial charge in [-0.3, -0.25) is 52.7 Å². The highest BCUT2D eigenvalue weighted by atomic mass is 16.4. The number of nitrogens with one attached hydrogen (secondary N) is 9. The average molecular weight is 1000 g/mol. The molecule has 70 heavy (non-hydrogen) atoms. The Labute approximate surface area is 414 Å². The predicted molar refractivity (Wildman–Crippen MR) is 265 cm³/mol. The predicted octanol–water partition coefficient (Wildman–Crippen LogP) is -1.50. The fourth-order valence-electron chi connectivity index (χ4n) is 5.74. The Balaban J connectivity index is -0.00000261. The molecule has 0 aromatic heterocycles. The Morgan fingerprint density at radius 3 is 1.64 bits per heavy atom. The number of hydrogen-bond donors (Lipinski definition) is 12. The van der Waals surface area contributed by atoms with Gasteiger partial charge < -0.3 is 69.3 Å². The van der Waals surface area contributed by atoms with Crippen LogP contribution in [-0.4, -0.2) is 158 Å². The number of aliphatic carboxylic acids is 1. The van der Waals surface area contributed by atoms with E-state index in [1.807, 2.05) is 27.7 Å². The number of unbranched alkanes of at least 4 members (excludes halogenated alkanes) is 1. The maximum atomic E-state index is 12.7. The minimum Gasteiger partial charge on any atom is -0.480 e. The van der Waals surface area contributed by atoms with Gasteiger partial charge in [0.25, 0.3) is 0 Å². The van der Waals surface area contributed by atoms with Crippen LogP contribution in [0, 0.1) is 17.3 Å². The zero-order valence-electron chi connectivity index (χ0n) is 43.8. The summed E-state index contributed by atoms with van der Waals surface area (Å²) in [5, 5.41) is 30.3. The Morgan fingerprint density at radius 2 is 1.17 bits per heavy atom. The van der Waals surface area contributed by atoms with E-state index in [2.05, 4.69) is 96.3 Å². The van der Waals surface area contributed by atoms with E-state index in [4.69, 9.17) is 16.6 Å². The highest BCUT2D eigenvalue weighted by molar-refractivity contribution is 5.95. The molecule has 0 saturated carbocycles. The third-order valence-electron chi connectivity index (χ3n) is 9.00. The summed E-state index contributed by atoms with van der Waals surface area (Å²) in [6.45, 7) is 22.8. The van der Waals surface area contributed by atoms with E-state index in [1.54, 1.807) is 0 Å². The molecular formula is C46H88N12O12. The summed E-state index contributed by atoms with van der Waals surface area (Å²) in [5.41, 5.74) is 10.2. The van der Waals surface area contributed by atoms with Gasteiger partial charge in [0, 0.05) is 19.5 Å². The molecule has 0 aromatic rings. The van der Waals surface area contributed by atoms with Gasteiger partial charge in [0.15, 0.2) is 0 Å². The second kappa shape index (κ2) is 38.9. The Bertz CT molecular complexity index is 1650. The first kappa shape index (κ1) is 68.4. The van der Waals surface area contributed by atoms with Crippen LogP contribution in [0.5, 0.6) is 0 Å². The van der Waals surface area contributed by atoms with Crippen LogP contribution in [0.2, 0.25) is 0 Å². The summed E-state index contributed by atoms with van der Waals surface area (Å²) >= 11 is 0. The van der Waals surface area contributed by atoms with E-state index >= 15 is 0 Å². The molecule has 24 heteroatoms. The number of rotatable bonds is 23. The number of nitrogens with two attached hydrogens (primary N) is 2. The van der Waals surface area contributed by atoms with Gasteiger partial charge in [0.05, 0.1) is 38.8 Å². The number of primary amides is 1. The number of likely N-dealkylation sites (tertiary alicyclic amines) is 1. The molecule has 4 atom stereocenters. The number of carboxylic acid groups (broad SMARTS) is 1. The van der Waals surface area contributed by atoms with E-state index in [1.165, 1.54) is 24.7 Å². The zero-order valence-corrected chi connectivity index (χ0v) is 43.8. The quantitative estimate of drug-likeness (QED) is 0.0555. The van der Waals surface area contributed by atoms with Crippen molar-refractivity contribution in [2.75, 3.05) is 58.9 Å². The summed E-state index contributed by atoms with van der Waals surface area (Å²) in [6, 6.07) is -3.76.